The SMILES string of the molecule is [CH2]C(CCC(N)=O)C(=O)O. The lowest BCUT2D eigenvalue weighted by Gasteiger charge is -2.01. The van der Waals surface area contributed by atoms with Crippen LogP contribution in [0.3, 0.4) is 0 Å². The molecule has 0 heterocycles. The minimum Gasteiger partial charge on any atom is -0.481 e. The molecule has 1 radical (unpaired) electrons. The third-order valence-corrected chi connectivity index (χ3v) is 1.09. The van der Waals surface area contributed by atoms with Gasteiger partial charge in [0.1, 0.15) is 0 Å². The van der Waals surface area contributed by atoms with Crippen molar-refractivity contribution in [3.8, 4) is 0 Å². The summed E-state index contributed by atoms with van der Waals surface area (Å²) >= 11 is 0. The molecule has 1 atom stereocenters. The third kappa shape index (κ3) is 3.88. The molecular formula is C6H10NO3. The maximum absolute atomic E-state index is 10.1. The Morgan fingerprint density at radius 3 is 2.40 bits per heavy atom. The van der Waals surface area contributed by atoms with Gasteiger partial charge in [0.25, 0.3) is 0 Å². The Morgan fingerprint density at radius 1 is 1.60 bits per heavy atom. The highest BCUT2D eigenvalue weighted by Crippen LogP contribution is 2.03. The van der Waals surface area contributed by atoms with Crippen LogP contribution in [0.25, 0.3) is 0 Å². The molecule has 0 spiro atoms. The average molecular weight is 144 g/mol. The summed E-state index contributed by atoms with van der Waals surface area (Å²) in [4.78, 5) is 20.2. The van der Waals surface area contributed by atoms with Gasteiger partial charge in [0, 0.05) is 6.42 Å². The Morgan fingerprint density at radius 2 is 2.10 bits per heavy atom. The molecule has 1 amide bonds. The molecule has 57 valence electrons. The van der Waals surface area contributed by atoms with Gasteiger partial charge in [-0.05, 0) is 13.3 Å². The van der Waals surface area contributed by atoms with E-state index in [0.29, 0.717) is 0 Å². The van der Waals surface area contributed by atoms with Crippen LogP contribution in [-0.4, -0.2) is 17.0 Å². The van der Waals surface area contributed by atoms with Crippen molar-refractivity contribution >= 4 is 11.9 Å². The van der Waals surface area contributed by atoms with Gasteiger partial charge in [-0.3, -0.25) is 9.59 Å². The van der Waals surface area contributed by atoms with E-state index in [-0.39, 0.29) is 12.8 Å². The first-order valence-corrected chi connectivity index (χ1v) is 2.88. The smallest absolute Gasteiger partial charge is 0.306 e. The standard InChI is InChI=1S/C6H10NO3/c1-4(6(9)10)2-3-5(7)8/h4H,1-3H2,(H2,7,8)(H,9,10). The van der Waals surface area contributed by atoms with Gasteiger partial charge in [-0.25, -0.2) is 0 Å². The highest BCUT2D eigenvalue weighted by Gasteiger charge is 2.11. The molecule has 0 aromatic rings. The number of aliphatic carboxylic acids is 1. The van der Waals surface area contributed by atoms with Crippen molar-refractivity contribution in [1.29, 1.82) is 0 Å². The lowest BCUT2D eigenvalue weighted by atomic mass is 10.1. The van der Waals surface area contributed by atoms with Gasteiger partial charge in [0.15, 0.2) is 0 Å². The predicted octanol–water partition coefficient (Wildman–Crippen LogP) is -0.213. The lowest BCUT2D eigenvalue weighted by Crippen LogP contribution is -2.15. The summed E-state index contributed by atoms with van der Waals surface area (Å²) in [6, 6.07) is 0. The Hall–Kier alpha value is -1.06. The van der Waals surface area contributed by atoms with E-state index in [1.165, 1.54) is 0 Å². The topological polar surface area (TPSA) is 80.4 Å². The molecule has 0 aromatic heterocycles. The first kappa shape index (κ1) is 8.94. The number of nitrogens with two attached hydrogens (primary N) is 1. The minimum absolute atomic E-state index is 0.0838. The molecule has 0 fully saturated rings. The maximum atomic E-state index is 10.1. The number of rotatable bonds is 4. The molecule has 0 aliphatic carbocycles. The van der Waals surface area contributed by atoms with Crippen LogP contribution in [-0.2, 0) is 9.59 Å². The molecule has 0 aliphatic rings. The zero-order valence-electron chi connectivity index (χ0n) is 5.54. The first-order chi connectivity index (χ1) is 4.54. The van der Waals surface area contributed by atoms with Crippen molar-refractivity contribution in [2.24, 2.45) is 11.7 Å². The molecule has 1 unspecified atom stereocenters. The van der Waals surface area contributed by atoms with Crippen molar-refractivity contribution in [3.05, 3.63) is 6.92 Å². The highest BCUT2D eigenvalue weighted by atomic mass is 16.4. The van der Waals surface area contributed by atoms with Crippen LogP contribution in [0.2, 0.25) is 0 Å². The third-order valence-electron chi connectivity index (χ3n) is 1.09. The normalized spacial score (nSPS) is 12.5. The van der Waals surface area contributed by atoms with Crippen LogP contribution in [0.4, 0.5) is 0 Å². The van der Waals surface area contributed by atoms with E-state index in [1.807, 2.05) is 0 Å². The number of carbonyl (C=O) groups is 2. The second-order valence-corrected chi connectivity index (χ2v) is 2.04. The van der Waals surface area contributed by atoms with E-state index in [0.717, 1.165) is 0 Å². The summed E-state index contributed by atoms with van der Waals surface area (Å²) in [5.74, 6) is -2.22. The number of hydrogen-bond donors (Lipinski definition) is 2. The molecule has 0 saturated carbocycles. The molecular weight excluding hydrogens is 134 g/mol. The second kappa shape index (κ2) is 3.87. The zero-order chi connectivity index (χ0) is 8.15. The van der Waals surface area contributed by atoms with Crippen molar-refractivity contribution in [3.63, 3.8) is 0 Å². The fourth-order valence-corrected chi connectivity index (χ4v) is 0.440. The van der Waals surface area contributed by atoms with Crippen molar-refractivity contribution in [2.75, 3.05) is 0 Å². The molecule has 0 aromatic carbocycles. The second-order valence-electron chi connectivity index (χ2n) is 2.04. The first-order valence-electron chi connectivity index (χ1n) is 2.88. The number of carboxylic acid groups (broad SMARTS) is 1. The van der Waals surface area contributed by atoms with Crippen LogP contribution in [0.15, 0.2) is 0 Å². The van der Waals surface area contributed by atoms with Gasteiger partial charge in [0.05, 0.1) is 5.92 Å². The maximum Gasteiger partial charge on any atom is 0.306 e. The summed E-state index contributed by atoms with van der Waals surface area (Å²) in [6.07, 6.45) is 0.297. The summed E-state index contributed by atoms with van der Waals surface area (Å²) < 4.78 is 0. The van der Waals surface area contributed by atoms with Crippen LogP contribution in [0, 0.1) is 12.8 Å². The van der Waals surface area contributed by atoms with Crippen LogP contribution < -0.4 is 5.73 Å². The van der Waals surface area contributed by atoms with Gasteiger partial charge >= 0.3 is 5.97 Å². The van der Waals surface area contributed by atoms with Crippen LogP contribution in [0.1, 0.15) is 12.8 Å². The Balaban J connectivity index is 3.49. The summed E-state index contributed by atoms with van der Waals surface area (Å²) in [5.41, 5.74) is 4.78. The molecule has 0 bridgehead atoms. The molecule has 4 heteroatoms. The fraction of sp³-hybridized carbons (Fsp3) is 0.500. The number of carbonyl (C=O) groups excluding carboxylic acids is 1. The van der Waals surface area contributed by atoms with E-state index < -0.39 is 17.8 Å². The monoisotopic (exact) mass is 144 g/mol. The number of carboxylic acids is 1. The van der Waals surface area contributed by atoms with Crippen molar-refractivity contribution < 1.29 is 14.7 Å². The Labute approximate surface area is 59.0 Å². The van der Waals surface area contributed by atoms with Gasteiger partial charge in [-0.1, -0.05) is 0 Å². The molecule has 0 rings (SSSR count). The molecule has 0 saturated heterocycles. The van der Waals surface area contributed by atoms with E-state index >= 15 is 0 Å². The minimum atomic E-state index is -0.999. The number of primary amides is 1. The highest BCUT2D eigenvalue weighted by molar-refractivity contribution is 5.75. The lowest BCUT2D eigenvalue weighted by molar-refractivity contribution is -0.140. The number of amides is 1. The van der Waals surface area contributed by atoms with Crippen LogP contribution >= 0.6 is 0 Å². The summed E-state index contributed by atoms with van der Waals surface area (Å²) in [7, 11) is 0. The van der Waals surface area contributed by atoms with E-state index in [2.05, 4.69) is 6.92 Å². The molecule has 3 N–H and O–H groups in total. The Kier molecular flexibility index (Phi) is 3.46. The molecule has 4 nitrogen and oxygen atoms in total. The predicted molar refractivity (Wildman–Crippen MR) is 34.9 cm³/mol. The van der Waals surface area contributed by atoms with Crippen molar-refractivity contribution in [2.45, 2.75) is 12.8 Å². The van der Waals surface area contributed by atoms with Crippen molar-refractivity contribution in [1.82, 2.24) is 0 Å². The zero-order valence-corrected chi connectivity index (χ0v) is 5.54. The van der Waals surface area contributed by atoms with Gasteiger partial charge in [-0.15, -0.1) is 0 Å². The van der Waals surface area contributed by atoms with Gasteiger partial charge in [-0.2, -0.15) is 0 Å². The van der Waals surface area contributed by atoms with E-state index in [1.54, 1.807) is 0 Å². The van der Waals surface area contributed by atoms with E-state index in [9.17, 15) is 9.59 Å². The molecule has 10 heavy (non-hydrogen) atoms. The van der Waals surface area contributed by atoms with Gasteiger partial charge in [0.2, 0.25) is 5.91 Å². The van der Waals surface area contributed by atoms with Crippen LogP contribution in [0.5, 0.6) is 0 Å². The average Bonchev–Trinajstić information content (AvgIpc) is 1.82. The Bertz CT molecular complexity index is 144. The largest absolute Gasteiger partial charge is 0.481 e. The van der Waals surface area contributed by atoms with E-state index in [4.69, 9.17) is 10.8 Å². The molecule has 0 aliphatic heterocycles. The van der Waals surface area contributed by atoms with Gasteiger partial charge < -0.3 is 10.8 Å². The summed E-state index contributed by atoms with van der Waals surface area (Å²) in [5, 5.41) is 8.28. The summed E-state index contributed by atoms with van der Waals surface area (Å²) in [6.45, 7) is 3.30. The fourth-order valence-electron chi connectivity index (χ4n) is 0.440. The quantitative estimate of drug-likeness (QED) is 0.572. The number of hydrogen-bond acceptors (Lipinski definition) is 2.